The second kappa shape index (κ2) is 7.99. The van der Waals surface area contributed by atoms with Gasteiger partial charge in [0.15, 0.2) is 6.61 Å². The van der Waals surface area contributed by atoms with Crippen LogP contribution < -0.4 is 5.32 Å². The molecule has 0 atom stereocenters. The zero-order valence-electron chi connectivity index (χ0n) is 14.0. The van der Waals surface area contributed by atoms with Gasteiger partial charge >= 0.3 is 5.97 Å². The van der Waals surface area contributed by atoms with Crippen molar-refractivity contribution in [1.82, 2.24) is 10.3 Å². The predicted molar refractivity (Wildman–Crippen MR) is 109 cm³/mol. The summed E-state index contributed by atoms with van der Waals surface area (Å²) < 4.78 is 6.22. The number of benzene rings is 1. The Morgan fingerprint density at radius 2 is 1.93 bits per heavy atom. The number of carbonyl (C=O) groups is 2. The van der Waals surface area contributed by atoms with E-state index in [1.807, 2.05) is 47.8 Å². The summed E-state index contributed by atoms with van der Waals surface area (Å²) in [6.45, 7) is 0.146. The van der Waals surface area contributed by atoms with Crippen LogP contribution in [-0.4, -0.2) is 23.5 Å². The highest BCUT2D eigenvalue weighted by atomic mass is 32.1. The summed E-state index contributed by atoms with van der Waals surface area (Å²) in [6.07, 6.45) is 0. The summed E-state index contributed by atoms with van der Waals surface area (Å²) in [5, 5.41) is 5.54. The lowest BCUT2D eigenvalue weighted by atomic mass is 10.3. The Labute approximate surface area is 167 Å². The van der Waals surface area contributed by atoms with Crippen molar-refractivity contribution in [2.45, 2.75) is 6.54 Å². The Kier molecular flexibility index (Phi) is 5.28. The number of amides is 1. The Bertz CT molecular complexity index is 1050. The highest BCUT2D eigenvalue weighted by molar-refractivity contribution is 7.26. The largest absolute Gasteiger partial charge is 0.451 e. The van der Waals surface area contributed by atoms with Crippen LogP contribution in [-0.2, 0) is 16.1 Å². The Morgan fingerprint density at radius 1 is 1.04 bits per heavy atom. The fraction of sp³-hybridized carbons (Fsp3) is 0.105. The van der Waals surface area contributed by atoms with Crippen LogP contribution in [0, 0.1) is 0 Å². The first kappa shape index (κ1) is 17.8. The standard InChI is InChI=1S/C19H14N2O3S3/c22-17(20-10-12-4-3-9-25-12)11-24-19(23)16-8-7-15(26-16)18-21-13-5-1-2-6-14(13)27-18/h1-9H,10-11H2,(H,20,22). The van der Waals surface area contributed by atoms with E-state index in [-0.39, 0.29) is 12.5 Å². The first-order chi connectivity index (χ1) is 13.2. The van der Waals surface area contributed by atoms with E-state index in [0.29, 0.717) is 11.4 Å². The van der Waals surface area contributed by atoms with Gasteiger partial charge in [-0.05, 0) is 35.7 Å². The van der Waals surface area contributed by atoms with E-state index in [0.717, 1.165) is 25.0 Å². The number of esters is 1. The molecule has 8 heteroatoms. The van der Waals surface area contributed by atoms with Crippen molar-refractivity contribution < 1.29 is 14.3 Å². The number of hydrogen-bond donors (Lipinski definition) is 1. The second-order valence-corrected chi connectivity index (χ2v) is 8.73. The van der Waals surface area contributed by atoms with Crippen molar-refractivity contribution in [3.8, 4) is 9.88 Å². The molecule has 136 valence electrons. The summed E-state index contributed by atoms with van der Waals surface area (Å²) in [5.41, 5.74) is 0.942. The number of thiazole rings is 1. The minimum absolute atomic E-state index is 0.293. The average molecular weight is 415 g/mol. The molecule has 0 fully saturated rings. The van der Waals surface area contributed by atoms with E-state index in [9.17, 15) is 9.59 Å². The van der Waals surface area contributed by atoms with Gasteiger partial charge in [0.05, 0.1) is 21.6 Å². The van der Waals surface area contributed by atoms with Crippen molar-refractivity contribution in [3.05, 3.63) is 63.7 Å². The maximum absolute atomic E-state index is 12.2. The molecule has 0 bridgehead atoms. The number of fused-ring (bicyclic) bond motifs is 1. The summed E-state index contributed by atoms with van der Waals surface area (Å²) in [5.74, 6) is -0.821. The van der Waals surface area contributed by atoms with Gasteiger partial charge < -0.3 is 10.1 Å². The SMILES string of the molecule is O=C(COC(=O)c1ccc(-c2nc3ccccc3s2)s1)NCc1cccs1. The van der Waals surface area contributed by atoms with Crippen molar-refractivity contribution in [3.63, 3.8) is 0 Å². The van der Waals surface area contributed by atoms with Crippen LogP contribution in [0.3, 0.4) is 0 Å². The van der Waals surface area contributed by atoms with Crippen LogP contribution in [0.4, 0.5) is 0 Å². The van der Waals surface area contributed by atoms with Crippen LogP contribution in [0.5, 0.6) is 0 Å². The predicted octanol–water partition coefficient (Wildman–Crippen LogP) is 4.56. The topological polar surface area (TPSA) is 68.3 Å². The van der Waals surface area contributed by atoms with Crippen LogP contribution in [0.15, 0.2) is 53.9 Å². The van der Waals surface area contributed by atoms with Crippen LogP contribution in [0.2, 0.25) is 0 Å². The third-order valence-corrected chi connectivity index (χ3v) is 6.83. The van der Waals surface area contributed by atoms with Gasteiger partial charge in [0.25, 0.3) is 5.91 Å². The van der Waals surface area contributed by atoms with E-state index in [4.69, 9.17) is 4.74 Å². The van der Waals surface area contributed by atoms with Crippen LogP contribution in [0.25, 0.3) is 20.1 Å². The fourth-order valence-corrected chi connectivity index (χ4v) is 4.96. The van der Waals surface area contributed by atoms with Crippen molar-refractivity contribution in [2.75, 3.05) is 6.61 Å². The second-order valence-electron chi connectivity index (χ2n) is 5.58. The Morgan fingerprint density at radius 3 is 2.74 bits per heavy atom. The summed E-state index contributed by atoms with van der Waals surface area (Å²) >= 11 is 4.46. The number of ether oxygens (including phenoxy) is 1. The lowest BCUT2D eigenvalue weighted by Gasteiger charge is -2.04. The van der Waals surface area contributed by atoms with Gasteiger partial charge in [0, 0.05) is 4.88 Å². The molecule has 0 aliphatic rings. The number of nitrogens with one attached hydrogen (secondary N) is 1. The minimum Gasteiger partial charge on any atom is -0.451 e. The zero-order valence-corrected chi connectivity index (χ0v) is 16.5. The fourth-order valence-electron chi connectivity index (χ4n) is 2.39. The first-order valence-corrected chi connectivity index (χ1v) is 10.6. The maximum Gasteiger partial charge on any atom is 0.348 e. The smallest absolute Gasteiger partial charge is 0.348 e. The zero-order chi connectivity index (χ0) is 18.6. The van der Waals surface area contributed by atoms with Gasteiger partial charge in [-0.3, -0.25) is 4.79 Å². The van der Waals surface area contributed by atoms with Gasteiger partial charge in [-0.15, -0.1) is 34.0 Å². The molecule has 0 radical (unpaired) electrons. The van der Waals surface area contributed by atoms with Gasteiger partial charge in [-0.25, -0.2) is 9.78 Å². The van der Waals surface area contributed by atoms with Gasteiger partial charge in [0.2, 0.25) is 0 Å². The molecule has 1 N–H and O–H groups in total. The van der Waals surface area contributed by atoms with E-state index in [1.165, 1.54) is 11.3 Å². The molecule has 0 unspecified atom stereocenters. The average Bonchev–Trinajstić information content (AvgIpc) is 3.43. The normalized spacial score (nSPS) is 10.8. The van der Waals surface area contributed by atoms with Crippen LogP contribution >= 0.6 is 34.0 Å². The number of hydrogen-bond acceptors (Lipinski definition) is 7. The van der Waals surface area contributed by atoms with Crippen molar-refractivity contribution in [2.24, 2.45) is 0 Å². The van der Waals surface area contributed by atoms with Gasteiger partial charge in [-0.2, -0.15) is 0 Å². The molecule has 27 heavy (non-hydrogen) atoms. The molecule has 5 nitrogen and oxygen atoms in total. The Balaban J connectivity index is 1.35. The first-order valence-electron chi connectivity index (χ1n) is 8.11. The molecule has 0 aliphatic heterocycles. The maximum atomic E-state index is 12.2. The minimum atomic E-state index is -0.501. The van der Waals surface area contributed by atoms with E-state index in [2.05, 4.69) is 10.3 Å². The molecule has 3 heterocycles. The molecule has 0 saturated heterocycles. The quantitative estimate of drug-likeness (QED) is 0.470. The lowest BCUT2D eigenvalue weighted by molar-refractivity contribution is -0.124. The number of rotatable bonds is 6. The Hall–Kier alpha value is -2.55. The van der Waals surface area contributed by atoms with E-state index < -0.39 is 5.97 Å². The van der Waals surface area contributed by atoms with Crippen LogP contribution in [0.1, 0.15) is 14.5 Å². The van der Waals surface area contributed by atoms with Crippen molar-refractivity contribution >= 4 is 56.1 Å². The molecule has 0 spiro atoms. The molecule has 1 aromatic carbocycles. The highest BCUT2D eigenvalue weighted by Crippen LogP contribution is 2.34. The molecule has 0 aliphatic carbocycles. The monoisotopic (exact) mass is 414 g/mol. The third-order valence-electron chi connectivity index (χ3n) is 3.69. The number of carbonyl (C=O) groups excluding carboxylic acids is 2. The molecular weight excluding hydrogens is 400 g/mol. The molecule has 4 rings (SSSR count). The molecule has 3 aromatic heterocycles. The highest BCUT2D eigenvalue weighted by Gasteiger charge is 2.15. The molecule has 1 amide bonds. The van der Waals surface area contributed by atoms with Gasteiger partial charge in [0.1, 0.15) is 9.88 Å². The summed E-state index contributed by atoms with van der Waals surface area (Å²) in [7, 11) is 0. The number of para-hydroxylation sites is 1. The molecule has 0 saturated carbocycles. The molecular formula is C19H14N2O3S3. The number of nitrogens with zero attached hydrogens (tertiary/aromatic N) is 1. The van der Waals surface area contributed by atoms with E-state index in [1.54, 1.807) is 28.7 Å². The third kappa shape index (κ3) is 4.24. The van der Waals surface area contributed by atoms with Gasteiger partial charge in [-0.1, -0.05) is 18.2 Å². The summed E-state index contributed by atoms with van der Waals surface area (Å²) in [4.78, 5) is 31.0. The van der Waals surface area contributed by atoms with Crippen molar-refractivity contribution in [1.29, 1.82) is 0 Å². The number of aromatic nitrogens is 1. The molecule has 4 aromatic rings. The lowest BCUT2D eigenvalue weighted by Crippen LogP contribution is -2.27. The summed E-state index contributed by atoms with van der Waals surface area (Å²) in [6, 6.07) is 15.3. The van der Waals surface area contributed by atoms with E-state index >= 15 is 0 Å². The number of thiophene rings is 2.